The molecule has 0 saturated carbocycles. The first kappa shape index (κ1) is 34.3. The lowest BCUT2D eigenvalue weighted by Gasteiger charge is -2.30. The van der Waals surface area contributed by atoms with Crippen LogP contribution in [0.15, 0.2) is 84.9 Å². The molecule has 1 aliphatic carbocycles. The Kier molecular flexibility index (Phi) is 10.7. The molecule has 0 spiro atoms. The van der Waals surface area contributed by atoms with Gasteiger partial charge >= 0.3 is 12.0 Å². The van der Waals surface area contributed by atoms with Crippen molar-refractivity contribution in [3.05, 3.63) is 139 Å². The number of carbonyl (C=O) groups is 4. The molecule has 3 N–H and O–H groups in total. The van der Waals surface area contributed by atoms with Crippen LogP contribution in [-0.4, -0.2) is 47.8 Å². The van der Waals surface area contributed by atoms with Crippen molar-refractivity contribution < 1.29 is 23.9 Å². The van der Waals surface area contributed by atoms with Gasteiger partial charge in [0.05, 0.1) is 28.2 Å². The number of halogens is 3. The number of nitrogens with one attached hydrogen (secondary N) is 3. The molecule has 49 heavy (non-hydrogen) atoms. The summed E-state index contributed by atoms with van der Waals surface area (Å²) in [6.07, 6.45) is 1.99. The summed E-state index contributed by atoms with van der Waals surface area (Å²) in [7, 11) is 0. The molecule has 0 fully saturated rings. The number of rotatable bonds is 10. The first-order chi connectivity index (χ1) is 23.7. The molecule has 1 aliphatic heterocycles. The normalized spacial score (nSPS) is 15.5. The fraction of sp³-hybridized carbons (Fsp3) is 0.243. The van der Waals surface area contributed by atoms with Crippen molar-refractivity contribution in [2.75, 3.05) is 13.1 Å². The second-order valence-electron chi connectivity index (χ2n) is 11.9. The van der Waals surface area contributed by atoms with Gasteiger partial charge in [-0.25, -0.2) is 9.59 Å². The number of esters is 1. The van der Waals surface area contributed by atoms with Gasteiger partial charge in [0.15, 0.2) is 0 Å². The van der Waals surface area contributed by atoms with E-state index in [1.165, 1.54) is 11.6 Å². The summed E-state index contributed by atoms with van der Waals surface area (Å²) in [5.74, 6) is -1.78. The SMILES string of the molecule is O=C(NCC(NC(=O)c1c(Cl)cc2c(c1Cl)CCN(Cc1ccc(Cl)cc1)C2=O)C(=O)OCc1ccccc1)N[C@@H]1CCc2ccccc21. The Labute approximate surface area is 298 Å². The van der Waals surface area contributed by atoms with E-state index in [0.29, 0.717) is 35.7 Å². The Morgan fingerprint density at radius 1 is 0.898 bits per heavy atom. The quantitative estimate of drug-likeness (QED) is 0.158. The fourth-order valence-electron chi connectivity index (χ4n) is 6.15. The van der Waals surface area contributed by atoms with E-state index in [4.69, 9.17) is 39.5 Å². The van der Waals surface area contributed by atoms with Crippen LogP contribution in [0.25, 0.3) is 0 Å². The van der Waals surface area contributed by atoms with Crippen molar-refractivity contribution in [1.82, 2.24) is 20.9 Å². The summed E-state index contributed by atoms with van der Waals surface area (Å²) in [4.78, 5) is 55.1. The highest BCUT2D eigenvalue weighted by molar-refractivity contribution is 6.41. The molecular formula is C37H33Cl3N4O5. The van der Waals surface area contributed by atoms with E-state index in [0.717, 1.165) is 29.5 Å². The highest BCUT2D eigenvalue weighted by Crippen LogP contribution is 2.35. The van der Waals surface area contributed by atoms with Gasteiger partial charge in [0.2, 0.25) is 0 Å². The first-order valence-electron chi connectivity index (χ1n) is 15.9. The predicted octanol–water partition coefficient (Wildman–Crippen LogP) is 6.67. The number of nitrogens with zero attached hydrogens (tertiary/aromatic N) is 1. The van der Waals surface area contributed by atoms with Crippen LogP contribution in [0.3, 0.4) is 0 Å². The van der Waals surface area contributed by atoms with Crippen molar-refractivity contribution in [1.29, 1.82) is 0 Å². The number of urea groups is 1. The maximum atomic E-state index is 13.7. The van der Waals surface area contributed by atoms with E-state index < -0.39 is 23.9 Å². The molecule has 0 bridgehead atoms. The molecule has 6 rings (SSSR count). The molecule has 12 heteroatoms. The third-order valence-corrected chi connectivity index (χ3v) is 9.67. The van der Waals surface area contributed by atoms with Crippen LogP contribution in [0.4, 0.5) is 4.79 Å². The van der Waals surface area contributed by atoms with E-state index in [1.807, 2.05) is 54.6 Å². The van der Waals surface area contributed by atoms with Crippen LogP contribution in [0.2, 0.25) is 15.1 Å². The molecule has 0 aromatic heterocycles. The van der Waals surface area contributed by atoms with Gasteiger partial charge in [0.1, 0.15) is 12.6 Å². The van der Waals surface area contributed by atoms with Crippen molar-refractivity contribution in [3.63, 3.8) is 0 Å². The molecule has 252 valence electrons. The number of aryl methyl sites for hydroxylation is 1. The molecule has 0 radical (unpaired) electrons. The van der Waals surface area contributed by atoms with Gasteiger partial charge in [-0.1, -0.05) is 102 Å². The van der Waals surface area contributed by atoms with E-state index in [2.05, 4.69) is 16.0 Å². The van der Waals surface area contributed by atoms with Crippen LogP contribution in [0, 0.1) is 0 Å². The molecule has 2 atom stereocenters. The second-order valence-corrected chi connectivity index (χ2v) is 13.2. The number of hydrogen-bond acceptors (Lipinski definition) is 5. The number of amides is 4. The molecule has 1 heterocycles. The van der Waals surface area contributed by atoms with Gasteiger partial charge in [-0.15, -0.1) is 0 Å². The summed E-state index contributed by atoms with van der Waals surface area (Å²) in [6.45, 7) is 0.438. The molecule has 0 saturated heterocycles. The summed E-state index contributed by atoms with van der Waals surface area (Å²) in [6, 6.07) is 23.7. The lowest BCUT2D eigenvalue weighted by atomic mass is 9.95. The number of ether oxygens (including phenoxy) is 1. The highest BCUT2D eigenvalue weighted by atomic mass is 35.5. The monoisotopic (exact) mass is 718 g/mol. The topological polar surface area (TPSA) is 117 Å². The Hall–Kier alpha value is -4.57. The van der Waals surface area contributed by atoms with E-state index in [9.17, 15) is 19.2 Å². The Bertz CT molecular complexity index is 1890. The minimum absolute atomic E-state index is 0.0292. The number of hydrogen-bond donors (Lipinski definition) is 3. The largest absolute Gasteiger partial charge is 0.459 e. The van der Waals surface area contributed by atoms with Crippen LogP contribution >= 0.6 is 34.8 Å². The average Bonchev–Trinajstić information content (AvgIpc) is 3.50. The molecule has 4 amide bonds. The predicted molar refractivity (Wildman–Crippen MR) is 188 cm³/mol. The zero-order valence-electron chi connectivity index (χ0n) is 26.3. The van der Waals surface area contributed by atoms with E-state index in [1.54, 1.807) is 29.2 Å². The second kappa shape index (κ2) is 15.3. The van der Waals surface area contributed by atoms with Gasteiger partial charge in [0, 0.05) is 23.7 Å². The first-order valence-corrected chi connectivity index (χ1v) is 17.0. The smallest absolute Gasteiger partial charge is 0.330 e. The number of fused-ring (bicyclic) bond motifs is 2. The van der Waals surface area contributed by atoms with E-state index in [-0.39, 0.29) is 40.7 Å². The van der Waals surface area contributed by atoms with Crippen LogP contribution in [-0.2, 0) is 35.5 Å². The summed E-state index contributed by atoms with van der Waals surface area (Å²) in [5.41, 5.74) is 4.61. The van der Waals surface area contributed by atoms with Crippen molar-refractivity contribution in [2.45, 2.75) is 44.5 Å². The minimum Gasteiger partial charge on any atom is -0.459 e. The van der Waals surface area contributed by atoms with Gasteiger partial charge < -0.3 is 25.6 Å². The van der Waals surface area contributed by atoms with Gasteiger partial charge in [0.25, 0.3) is 11.8 Å². The summed E-state index contributed by atoms with van der Waals surface area (Å²) >= 11 is 19.4. The van der Waals surface area contributed by atoms with Gasteiger partial charge in [-0.3, -0.25) is 9.59 Å². The molecule has 4 aromatic carbocycles. The fourth-order valence-corrected chi connectivity index (χ4v) is 6.99. The number of benzene rings is 4. The third-order valence-electron chi connectivity index (χ3n) is 8.70. The Balaban J connectivity index is 1.16. The van der Waals surface area contributed by atoms with Crippen LogP contribution in [0.1, 0.15) is 61.0 Å². The Morgan fingerprint density at radius 2 is 1.63 bits per heavy atom. The molecule has 1 unspecified atom stereocenters. The van der Waals surface area contributed by atoms with Gasteiger partial charge in [-0.05, 0) is 65.3 Å². The minimum atomic E-state index is -1.28. The molecule has 4 aromatic rings. The maximum absolute atomic E-state index is 13.7. The highest BCUT2D eigenvalue weighted by Gasteiger charge is 2.32. The summed E-state index contributed by atoms with van der Waals surface area (Å²) < 4.78 is 5.52. The van der Waals surface area contributed by atoms with Gasteiger partial charge in [-0.2, -0.15) is 0 Å². The Morgan fingerprint density at radius 3 is 2.41 bits per heavy atom. The molecular weight excluding hydrogens is 687 g/mol. The maximum Gasteiger partial charge on any atom is 0.330 e. The third kappa shape index (κ3) is 8.02. The standard InChI is InChI=1S/C37H33Cl3N4O5/c38-25-13-10-22(11-14-25)20-44-17-16-27-28(35(44)46)18-29(39)32(33(27)40)34(45)42-31(36(47)49-21-23-6-2-1-3-7-23)19-41-37(48)43-30-15-12-24-8-4-5-9-26(24)30/h1-11,13-14,18,30-31H,12,15-17,19-21H2,(H,42,45)(H2,41,43,48)/t30-,31?/m1/s1. The van der Waals surface area contributed by atoms with Crippen molar-refractivity contribution in [3.8, 4) is 0 Å². The molecule has 9 nitrogen and oxygen atoms in total. The molecule has 2 aliphatic rings. The lowest BCUT2D eigenvalue weighted by molar-refractivity contribution is -0.147. The van der Waals surface area contributed by atoms with Crippen molar-refractivity contribution >= 4 is 58.6 Å². The van der Waals surface area contributed by atoms with Crippen LogP contribution < -0.4 is 16.0 Å². The zero-order chi connectivity index (χ0) is 34.5. The van der Waals surface area contributed by atoms with E-state index >= 15 is 0 Å². The van der Waals surface area contributed by atoms with Crippen molar-refractivity contribution in [2.24, 2.45) is 0 Å². The zero-order valence-corrected chi connectivity index (χ0v) is 28.6. The average molecular weight is 720 g/mol. The van der Waals surface area contributed by atoms with Crippen LogP contribution in [0.5, 0.6) is 0 Å². The summed E-state index contributed by atoms with van der Waals surface area (Å²) in [5, 5.41) is 8.88. The lowest BCUT2D eigenvalue weighted by Crippen LogP contribution is -2.51. The number of carbonyl (C=O) groups excluding carboxylic acids is 4.